The third kappa shape index (κ3) is 3.39. The maximum atomic E-state index is 5.83. The molecule has 27 heavy (non-hydrogen) atoms. The van der Waals surface area contributed by atoms with Crippen LogP contribution < -0.4 is 5.32 Å². The van der Waals surface area contributed by atoms with Crippen LogP contribution in [-0.2, 0) is 11.3 Å². The maximum absolute atomic E-state index is 5.83. The molecule has 0 aromatic carbocycles. The Bertz CT molecular complexity index is 924. The summed E-state index contributed by atoms with van der Waals surface area (Å²) in [7, 11) is 0. The van der Waals surface area contributed by atoms with Crippen LogP contribution >= 0.6 is 0 Å². The van der Waals surface area contributed by atoms with E-state index in [9.17, 15) is 0 Å². The summed E-state index contributed by atoms with van der Waals surface area (Å²) in [5.74, 6) is 0.698. The number of hydrogen-bond donors (Lipinski definition) is 1. The van der Waals surface area contributed by atoms with E-state index in [1.54, 1.807) is 0 Å². The van der Waals surface area contributed by atoms with Crippen LogP contribution in [0, 0.1) is 5.92 Å². The first-order valence-electron chi connectivity index (χ1n) is 10.1. The molecule has 2 aliphatic rings. The lowest BCUT2D eigenvalue weighted by atomic mass is 10.1. The lowest BCUT2D eigenvalue weighted by Gasteiger charge is -2.22. The highest BCUT2D eigenvalue weighted by Crippen LogP contribution is 2.27. The van der Waals surface area contributed by atoms with Gasteiger partial charge in [-0.1, -0.05) is 0 Å². The van der Waals surface area contributed by atoms with E-state index < -0.39 is 0 Å². The fraction of sp³-hybridized carbons (Fsp3) is 0.524. The number of hydrogen-bond acceptors (Lipinski definition) is 4. The Morgan fingerprint density at radius 3 is 3.07 bits per heavy atom. The van der Waals surface area contributed by atoms with Gasteiger partial charge in [-0.05, 0) is 57.2 Å². The molecule has 142 valence electrons. The van der Waals surface area contributed by atoms with E-state index in [1.807, 2.05) is 17.1 Å². The van der Waals surface area contributed by atoms with Gasteiger partial charge in [0, 0.05) is 42.5 Å². The van der Waals surface area contributed by atoms with E-state index in [0.29, 0.717) is 12.0 Å². The zero-order valence-electron chi connectivity index (χ0n) is 15.8. The zero-order chi connectivity index (χ0) is 18.2. The molecule has 1 unspecified atom stereocenters. The van der Waals surface area contributed by atoms with Crippen molar-refractivity contribution in [3.05, 3.63) is 36.9 Å². The summed E-state index contributed by atoms with van der Waals surface area (Å²) in [4.78, 5) is 4.73. The molecule has 0 bridgehead atoms. The number of nitrogens with zero attached hydrogens (tertiary/aromatic N) is 4. The molecule has 3 atom stereocenters. The normalized spacial score (nSPS) is 26.0. The Labute approximate surface area is 159 Å². The minimum absolute atomic E-state index is 0.0692. The number of ether oxygens (including phenoxy) is 1. The smallest absolute Gasteiger partial charge is 0.150 e. The van der Waals surface area contributed by atoms with Crippen molar-refractivity contribution in [1.29, 1.82) is 0 Å². The van der Waals surface area contributed by atoms with Gasteiger partial charge in [-0.15, -0.1) is 0 Å². The Balaban J connectivity index is 1.36. The molecule has 0 amide bonds. The molecule has 5 heterocycles. The van der Waals surface area contributed by atoms with Crippen molar-refractivity contribution < 1.29 is 4.74 Å². The molecule has 0 saturated carbocycles. The highest BCUT2D eigenvalue weighted by molar-refractivity contribution is 5.83. The zero-order valence-corrected chi connectivity index (χ0v) is 15.8. The third-order valence-electron chi connectivity index (χ3n) is 5.90. The summed E-state index contributed by atoms with van der Waals surface area (Å²) in [6.45, 7) is 5.25. The Morgan fingerprint density at radius 2 is 2.26 bits per heavy atom. The maximum Gasteiger partial charge on any atom is 0.150 e. The quantitative estimate of drug-likeness (QED) is 0.768. The molecule has 6 nitrogen and oxygen atoms in total. The first kappa shape index (κ1) is 17.0. The number of nitrogens with one attached hydrogen (secondary N) is 1. The van der Waals surface area contributed by atoms with Crippen molar-refractivity contribution >= 4 is 10.9 Å². The molecule has 2 fully saturated rings. The van der Waals surface area contributed by atoms with Crippen molar-refractivity contribution in [1.82, 2.24) is 24.6 Å². The molecule has 2 aliphatic heterocycles. The molecular weight excluding hydrogens is 338 g/mol. The average molecular weight is 365 g/mol. The Morgan fingerprint density at radius 1 is 1.30 bits per heavy atom. The molecule has 0 radical (unpaired) electrons. The second-order valence-corrected chi connectivity index (χ2v) is 8.04. The van der Waals surface area contributed by atoms with E-state index >= 15 is 0 Å². The average Bonchev–Trinajstić information content (AvgIpc) is 3.43. The van der Waals surface area contributed by atoms with Gasteiger partial charge in [-0.3, -0.25) is 4.98 Å². The minimum Gasteiger partial charge on any atom is -0.357 e. The van der Waals surface area contributed by atoms with Crippen LogP contribution in [0.15, 0.2) is 36.9 Å². The first-order valence-corrected chi connectivity index (χ1v) is 10.1. The van der Waals surface area contributed by atoms with Crippen molar-refractivity contribution in [2.45, 2.75) is 51.4 Å². The second-order valence-electron chi connectivity index (χ2n) is 8.04. The summed E-state index contributed by atoms with van der Waals surface area (Å²) in [6, 6.07) is 5.00. The van der Waals surface area contributed by atoms with E-state index in [2.05, 4.69) is 46.4 Å². The Hall–Kier alpha value is -2.18. The van der Waals surface area contributed by atoms with E-state index in [0.717, 1.165) is 43.8 Å². The van der Waals surface area contributed by atoms with Crippen molar-refractivity contribution in [2.24, 2.45) is 5.92 Å². The highest BCUT2D eigenvalue weighted by atomic mass is 16.5. The predicted molar refractivity (Wildman–Crippen MR) is 105 cm³/mol. The van der Waals surface area contributed by atoms with Crippen LogP contribution in [0.5, 0.6) is 0 Å². The van der Waals surface area contributed by atoms with Gasteiger partial charge in [0.1, 0.15) is 6.23 Å². The Kier molecular flexibility index (Phi) is 4.45. The summed E-state index contributed by atoms with van der Waals surface area (Å²) in [5, 5.41) is 9.29. The van der Waals surface area contributed by atoms with Crippen molar-refractivity contribution in [3.63, 3.8) is 0 Å². The molecule has 2 saturated heterocycles. The lowest BCUT2D eigenvalue weighted by molar-refractivity contribution is -0.0394. The van der Waals surface area contributed by atoms with Gasteiger partial charge in [-0.25, -0.2) is 4.68 Å². The topological polar surface area (TPSA) is 56.9 Å². The van der Waals surface area contributed by atoms with Gasteiger partial charge in [0.05, 0.1) is 23.6 Å². The first-order chi connectivity index (χ1) is 13.3. The fourth-order valence-electron chi connectivity index (χ4n) is 4.42. The monoisotopic (exact) mass is 365 g/mol. The number of rotatable bonds is 4. The molecule has 3 aromatic rings. The van der Waals surface area contributed by atoms with E-state index in [-0.39, 0.29) is 6.23 Å². The SMILES string of the molecule is C[C@H]1C[C@H](Cn2ccc3cc(-c4cnn(C5CCCCO5)c4)ncc32)CN1. The van der Waals surface area contributed by atoms with Gasteiger partial charge in [0.2, 0.25) is 0 Å². The summed E-state index contributed by atoms with van der Waals surface area (Å²) in [5.41, 5.74) is 3.23. The molecular formula is C21H27N5O. The summed E-state index contributed by atoms with van der Waals surface area (Å²) in [6.07, 6.45) is 12.9. The van der Waals surface area contributed by atoms with Crippen LogP contribution in [0.1, 0.15) is 38.8 Å². The van der Waals surface area contributed by atoms with Gasteiger partial charge in [0.15, 0.2) is 0 Å². The molecule has 6 heteroatoms. The van der Waals surface area contributed by atoms with E-state index in [1.165, 1.54) is 23.7 Å². The van der Waals surface area contributed by atoms with Gasteiger partial charge in [0.25, 0.3) is 0 Å². The van der Waals surface area contributed by atoms with Crippen molar-refractivity contribution in [2.75, 3.05) is 13.2 Å². The minimum atomic E-state index is 0.0692. The van der Waals surface area contributed by atoms with Gasteiger partial charge in [-0.2, -0.15) is 5.10 Å². The van der Waals surface area contributed by atoms with Crippen LogP contribution in [0.4, 0.5) is 0 Å². The second kappa shape index (κ2) is 7.09. The molecule has 0 spiro atoms. The molecule has 0 aliphatic carbocycles. The van der Waals surface area contributed by atoms with Crippen LogP contribution in [-0.4, -0.2) is 38.5 Å². The van der Waals surface area contributed by atoms with E-state index in [4.69, 9.17) is 9.72 Å². The van der Waals surface area contributed by atoms with Gasteiger partial charge >= 0.3 is 0 Å². The number of fused-ring (bicyclic) bond motifs is 1. The standard InChI is InChI=1S/C21H27N5O/c1-15-8-16(10-22-15)13-25-6-5-17-9-19(23-12-20(17)25)18-11-24-26(14-18)21-4-2-3-7-27-21/h5-6,9,11-12,14-16,21-22H,2-4,7-8,10,13H2,1H3/t15-,16-,21?/m0/s1. The summed E-state index contributed by atoms with van der Waals surface area (Å²) >= 11 is 0. The number of aromatic nitrogens is 4. The third-order valence-corrected chi connectivity index (χ3v) is 5.90. The number of pyridine rings is 1. The summed E-state index contributed by atoms with van der Waals surface area (Å²) < 4.78 is 10.1. The predicted octanol–water partition coefficient (Wildman–Crippen LogP) is 3.60. The lowest BCUT2D eigenvalue weighted by Crippen LogP contribution is -2.18. The molecule has 3 aromatic heterocycles. The van der Waals surface area contributed by atoms with Crippen LogP contribution in [0.2, 0.25) is 0 Å². The van der Waals surface area contributed by atoms with Crippen molar-refractivity contribution in [3.8, 4) is 11.3 Å². The highest BCUT2D eigenvalue weighted by Gasteiger charge is 2.21. The molecule has 1 N–H and O–H groups in total. The van der Waals surface area contributed by atoms with Crippen LogP contribution in [0.25, 0.3) is 22.2 Å². The van der Waals surface area contributed by atoms with Crippen LogP contribution in [0.3, 0.4) is 0 Å². The largest absolute Gasteiger partial charge is 0.357 e. The fourth-order valence-corrected chi connectivity index (χ4v) is 4.42. The molecule has 5 rings (SSSR count). The van der Waals surface area contributed by atoms with Gasteiger partial charge < -0.3 is 14.6 Å².